The van der Waals surface area contributed by atoms with Crippen molar-refractivity contribution in [1.29, 1.82) is 0 Å². The number of benzene rings is 4. The molecule has 0 fully saturated rings. The van der Waals surface area contributed by atoms with E-state index in [1.165, 1.54) is 0 Å². The molecule has 4 aromatic carbocycles. The molecule has 0 radical (unpaired) electrons. The van der Waals surface area contributed by atoms with Crippen LogP contribution in [0.5, 0.6) is 0 Å². The second-order valence-electron chi connectivity index (χ2n) is 12.5. The van der Waals surface area contributed by atoms with E-state index in [0.717, 1.165) is 102 Å². The van der Waals surface area contributed by atoms with Gasteiger partial charge in [0, 0.05) is 19.5 Å². The number of nitrogens with zero attached hydrogens (tertiary/aromatic N) is 4. The number of rotatable bonds is 5. The molecular formula is C47H35N4SZn-3. The van der Waals surface area contributed by atoms with E-state index in [4.69, 9.17) is 19.9 Å². The van der Waals surface area contributed by atoms with Crippen molar-refractivity contribution in [1.82, 2.24) is 19.9 Å². The van der Waals surface area contributed by atoms with Crippen LogP contribution in [0.4, 0.5) is 0 Å². The van der Waals surface area contributed by atoms with E-state index in [-0.39, 0.29) is 19.5 Å². The van der Waals surface area contributed by atoms with Crippen molar-refractivity contribution in [3.05, 3.63) is 168 Å². The molecule has 0 saturated carbocycles. The Kier molecular flexibility index (Phi) is 11.1. The summed E-state index contributed by atoms with van der Waals surface area (Å²) in [6, 6.07) is 50.0. The summed E-state index contributed by atoms with van der Waals surface area (Å²) in [6.07, 6.45) is 9.54. The summed E-state index contributed by atoms with van der Waals surface area (Å²) in [7, 11) is 0. The number of hydrogen-bond donors (Lipinski definition) is 0. The average molecular weight is 753 g/mol. The van der Waals surface area contributed by atoms with E-state index in [1.54, 1.807) is 0 Å². The zero-order valence-corrected chi connectivity index (χ0v) is 33.3. The van der Waals surface area contributed by atoms with Crippen LogP contribution in [-0.4, -0.2) is 15.7 Å². The van der Waals surface area contributed by atoms with E-state index in [2.05, 4.69) is 165 Å². The van der Waals surface area contributed by atoms with Gasteiger partial charge in [-0.2, -0.15) is 5.75 Å². The summed E-state index contributed by atoms with van der Waals surface area (Å²) in [5, 5.41) is 0. The second-order valence-corrected chi connectivity index (χ2v) is 12.9. The van der Waals surface area contributed by atoms with E-state index in [1.807, 2.05) is 24.3 Å². The quantitative estimate of drug-likeness (QED) is 0.129. The molecule has 7 aromatic rings. The van der Waals surface area contributed by atoms with Gasteiger partial charge in [0.2, 0.25) is 0 Å². The summed E-state index contributed by atoms with van der Waals surface area (Å²) in [5.41, 5.74) is 15.0. The number of hydrogen-bond acceptors (Lipinski definition) is 3. The molecule has 0 spiro atoms. The SMILES string of the molecule is C1=Cc2nc1c(-c1ccccc1)c1ccc([n-]1)c(-c1ccccc1)c1nc(c(-c3ccccc3)c3ccc([n-]3)c2-c2ccccc2)C=C1.CCC[S-].[Zn]. The fourth-order valence-corrected chi connectivity index (χ4v) is 6.69. The standard InChI is InChI=1S/C44H28N4.C3H8S.Zn/c1-5-13-29(14-6-1)41-33-21-23-35(45-33)42(30-15-7-2-8-16-30)37-25-27-39(47-37)44(32-19-11-4-12-20-32)40-28-26-38(48-40)43(31-17-9-3-10-18-31)36-24-22-34(41)46-36;1-2-3-4;/h1-28H;4H,2-3H2,1H3;/q-2;;/p-1. The molecule has 2 aliphatic rings. The molecule has 0 atom stereocenters. The molecule has 0 aliphatic carbocycles. The van der Waals surface area contributed by atoms with Crippen LogP contribution >= 0.6 is 0 Å². The van der Waals surface area contributed by atoms with Gasteiger partial charge in [0.25, 0.3) is 0 Å². The van der Waals surface area contributed by atoms with Gasteiger partial charge in [-0.25, -0.2) is 9.97 Å². The Hall–Kier alpha value is -5.55. The fourth-order valence-electron chi connectivity index (χ4n) is 6.69. The van der Waals surface area contributed by atoms with Crippen LogP contribution in [0.1, 0.15) is 36.1 Å². The first-order valence-corrected chi connectivity index (χ1v) is 18.1. The van der Waals surface area contributed by atoms with Gasteiger partial charge in [-0.15, -0.1) is 22.1 Å². The first-order valence-electron chi connectivity index (χ1n) is 17.6. The summed E-state index contributed by atoms with van der Waals surface area (Å²) >= 11 is 4.55. The third kappa shape index (κ3) is 7.39. The molecule has 8 bridgehead atoms. The van der Waals surface area contributed by atoms with Crippen LogP contribution in [0.3, 0.4) is 0 Å². The Balaban J connectivity index is 0.000000831. The van der Waals surface area contributed by atoms with Gasteiger partial charge in [-0.1, -0.05) is 159 Å². The molecule has 0 N–H and O–H groups in total. The third-order valence-corrected chi connectivity index (χ3v) is 9.47. The summed E-state index contributed by atoms with van der Waals surface area (Å²) in [4.78, 5) is 21.2. The van der Waals surface area contributed by atoms with Crippen LogP contribution in [0, 0.1) is 0 Å². The minimum atomic E-state index is 0. The first kappa shape index (κ1) is 35.8. The van der Waals surface area contributed by atoms with Gasteiger partial charge < -0.3 is 22.6 Å². The van der Waals surface area contributed by atoms with Crippen LogP contribution in [0.25, 0.3) is 90.9 Å². The minimum absolute atomic E-state index is 0. The van der Waals surface area contributed by atoms with Crippen molar-refractivity contribution in [2.75, 3.05) is 5.75 Å². The van der Waals surface area contributed by atoms with Crippen molar-refractivity contribution in [2.24, 2.45) is 0 Å². The van der Waals surface area contributed by atoms with Crippen LogP contribution in [0.2, 0.25) is 0 Å². The minimum Gasteiger partial charge on any atom is -0.793 e. The third-order valence-electron chi connectivity index (χ3n) is 9.06. The Morgan fingerprint density at radius 3 is 0.830 bits per heavy atom. The van der Waals surface area contributed by atoms with E-state index in [0.29, 0.717) is 0 Å². The Bertz CT molecular complexity index is 2220. The summed E-state index contributed by atoms with van der Waals surface area (Å²) in [6.45, 7) is 2.08. The number of aromatic nitrogens is 4. The smallest absolute Gasteiger partial charge is 0.0704 e. The monoisotopic (exact) mass is 751 g/mol. The molecule has 53 heavy (non-hydrogen) atoms. The van der Waals surface area contributed by atoms with Gasteiger partial charge in [-0.3, -0.25) is 0 Å². The van der Waals surface area contributed by atoms with Gasteiger partial charge in [0.15, 0.2) is 0 Å². The largest absolute Gasteiger partial charge is 0.793 e. The van der Waals surface area contributed by atoms with Crippen LogP contribution in [0.15, 0.2) is 146 Å². The first-order chi connectivity index (χ1) is 25.7. The topological polar surface area (TPSA) is 54.0 Å². The molecular weight excluding hydrogens is 718 g/mol. The van der Waals surface area contributed by atoms with Gasteiger partial charge in [-0.05, 0) is 68.8 Å². The molecule has 0 saturated heterocycles. The Labute approximate surface area is 328 Å². The predicted octanol–water partition coefficient (Wildman–Crippen LogP) is 11.5. The normalized spacial score (nSPS) is 11.4. The molecule has 6 heteroatoms. The van der Waals surface area contributed by atoms with Crippen molar-refractivity contribution < 1.29 is 19.5 Å². The molecule has 9 rings (SSSR count). The van der Waals surface area contributed by atoms with Crippen molar-refractivity contribution in [2.45, 2.75) is 13.3 Å². The molecule has 2 aliphatic heterocycles. The second kappa shape index (κ2) is 16.4. The molecule has 3 aromatic heterocycles. The average Bonchev–Trinajstić information content (AvgIpc) is 4.05. The van der Waals surface area contributed by atoms with Crippen LogP contribution < -0.4 is 9.97 Å². The zero-order valence-electron chi connectivity index (χ0n) is 29.5. The maximum absolute atomic E-state index is 5.31. The van der Waals surface area contributed by atoms with Gasteiger partial charge >= 0.3 is 0 Å². The van der Waals surface area contributed by atoms with Crippen molar-refractivity contribution in [3.8, 4) is 44.5 Å². The molecule has 254 valence electrons. The van der Waals surface area contributed by atoms with Crippen LogP contribution in [-0.2, 0) is 32.1 Å². The Morgan fingerprint density at radius 2 is 0.623 bits per heavy atom. The van der Waals surface area contributed by atoms with E-state index in [9.17, 15) is 0 Å². The van der Waals surface area contributed by atoms with Crippen molar-refractivity contribution in [3.63, 3.8) is 0 Å². The molecule has 0 amide bonds. The summed E-state index contributed by atoms with van der Waals surface area (Å²) < 4.78 is 0. The van der Waals surface area contributed by atoms with Crippen molar-refractivity contribution >= 4 is 59.0 Å². The molecule has 5 heterocycles. The molecule has 0 unspecified atom stereocenters. The van der Waals surface area contributed by atoms with Gasteiger partial charge in [0.05, 0.1) is 22.8 Å². The maximum Gasteiger partial charge on any atom is 0.0704 e. The summed E-state index contributed by atoms with van der Waals surface area (Å²) in [5.74, 6) is 0.903. The zero-order chi connectivity index (χ0) is 35.3. The fraction of sp³-hybridized carbons (Fsp3) is 0.0638. The molecule has 4 nitrogen and oxygen atoms in total. The maximum atomic E-state index is 5.31. The van der Waals surface area contributed by atoms with Gasteiger partial charge in [0.1, 0.15) is 0 Å². The Morgan fingerprint density at radius 1 is 0.396 bits per heavy atom. The number of fused-ring (bicyclic) bond motifs is 8. The van der Waals surface area contributed by atoms with E-state index >= 15 is 0 Å². The predicted molar refractivity (Wildman–Crippen MR) is 221 cm³/mol. The van der Waals surface area contributed by atoms with E-state index < -0.39 is 0 Å².